The number of carbonyl (C=O) groups excluding carboxylic acids is 1. The molecular formula is C11H15ClN2O. The van der Waals surface area contributed by atoms with Gasteiger partial charge in [-0.05, 0) is 18.1 Å². The molecule has 0 unspecified atom stereocenters. The summed E-state index contributed by atoms with van der Waals surface area (Å²) in [6, 6.07) is 7.53. The van der Waals surface area contributed by atoms with E-state index in [0.29, 0.717) is 12.4 Å². The Kier molecular flexibility index (Phi) is 4.98. The Hall–Kier alpha value is -1.22. The van der Waals surface area contributed by atoms with E-state index in [0.717, 1.165) is 17.7 Å². The van der Waals surface area contributed by atoms with Crippen molar-refractivity contribution in [1.82, 2.24) is 5.32 Å². The van der Waals surface area contributed by atoms with Crippen molar-refractivity contribution in [2.24, 2.45) is 0 Å². The molecule has 1 rings (SSSR count). The number of benzene rings is 1. The van der Waals surface area contributed by atoms with Crippen molar-refractivity contribution < 1.29 is 4.79 Å². The average Bonchev–Trinajstić information content (AvgIpc) is 2.27. The number of urea groups is 1. The minimum Gasteiger partial charge on any atom is -0.337 e. The Morgan fingerprint density at radius 2 is 2.13 bits per heavy atom. The first-order valence-electron chi connectivity index (χ1n) is 4.96. The first kappa shape index (κ1) is 11.9. The zero-order valence-corrected chi connectivity index (χ0v) is 9.47. The first-order chi connectivity index (χ1) is 7.27. The van der Waals surface area contributed by atoms with Crippen molar-refractivity contribution in [2.45, 2.75) is 13.3 Å². The van der Waals surface area contributed by atoms with Crippen LogP contribution in [0.3, 0.4) is 0 Å². The molecule has 82 valence electrons. The van der Waals surface area contributed by atoms with Crippen LogP contribution < -0.4 is 10.6 Å². The molecule has 0 fully saturated rings. The maximum Gasteiger partial charge on any atom is 0.319 e. The van der Waals surface area contributed by atoms with E-state index < -0.39 is 0 Å². The molecule has 15 heavy (non-hydrogen) atoms. The van der Waals surface area contributed by atoms with Gasteiger partial charge in [0.1, 0.15) is 0 Å². The van der Waals surface area contributed by atoms with Crippen LogP contribution in [0.5, 0.6) is 0 Å². The lowest BCUT2D eigenvalue weighted by Crippen LogP contribution is -2.30. The lowest BCUT2D eigenvalue weighted by molar-refractivity contribution is 0.252. The summed E-state index contributed by atoms with van der Waals surface area (Å²) in [6.45, 7) is 2.53. The van der Waals surface area contributed by atoms with Gasteiger partial charge in [-0.3, -0.25) is 0 Å². The van der Waals surface area contributed by atoms with Gasteiger partial charge in [-0.15, -0.1) is 11.6 Å². The summed E-state index contributed by atoms with van der Waals surface area (Å²) in [5, 5.41) is 5.44. The number of carbonyl (C=O) groups is 1. The predicted octanol–water partition coefficient (Wildman–Crippen LogP) is 2.61. The highest BCUT2D eigenvalue weighted by Crippen LogP contribution is 2.14. The molecule has 0 bridgehead atoms. The van der Waals surface area contributed by atoms with Gasteiger partial charge in [-0.25, -0.2) is 4.79 Å². The Morgan fingerprint density at radius 3 is 2.80 bits per heavy atom. The Labute approximate surface area is 94.8 Å². The minimum absolute atomic E-state index is 0.212. The van der Waals surface area contributed by atoms with E-state index in [1.54, 1.807) is 0 Å². The molecule has 0 heterocycles. The molecule has 0 aromatic heterocycles. The van der Waals surface area contributed by atoms with Crippen LogP contribution in [0, 0.1) is 0 Å². The Morgan fingerprint density at radius 1 is 1.40 bits per heavy atom. The number of aryl methyl sites for hydroxylation is 1. The number of rotatable bonds is 4. The molecule has 0 spiro atoms. The summed E-state index contributed by atoms with van der Waals surface area (Å²) in [4.78, 5) is 11.4. The monoisotopic (exact) mass is 226 g/mol. The summed E-state index contributed by atoms with van der Waals surface area (Å²) in [5.41, 5.74) is 1.98. The minimum atomic E-state index is -0.212. The predicted molar refractivity (Wildman–Crippen MR) is 63.6 cm³/mol. The van der Waals surface area contributed by atoms with Gasteiger partial charge >= 0.3 is 6.03 Å². The van der Waals surface area contributed by atoms with Crippen molar-refractivity contribution in [3.8, 4) is 0 Å². The van der Waals surface area contributed by atoms with Crippen molar-refractivity contribution in [3.63, 3.8) is 0 Å². The largest absolute Gasteiger partial charge is 0.337 e. The van der Waals surface area contributed by atoms with Crippen molar-refractivity contribution in [3.05, 3.63) is 29.8 Å². The van der Waals surface area contributed by atoms with Crippen LogP contribution in [0.25, 0.3) is 0 Å². The van der Waals surface area contributed by atoms with Crippen molar-refractivity contribution in [2.75, 3.05) is 17.7 Å². The lowest BCUT2D eigenvalue weighted by Gasteiger charge is -2.09. The van der Waals surface area contributed by atoms with E-state index in [2.05, 4.69) is 17.6 Å². The van der Waals surface area contributed by atoms with Crippen LogP contribution in [0.4, 0.5) is 10.5 Å². The van der Waals surface area contributed by atoms with Crippen molar-refractivity contribution in [1.29, 1.82) is 0 Å². The summed E-state index contributed by atoms with van der Waals surface area (Å²) in [5.74, 6) is 0.419. The first-order valence-corrected chi connectivity index (χ1v) is 5.50. The van der Waals surface area contributed by atoms with Crippen LogP contribution in [0.2, 0.25) is 0 Å². The van der Waals surface area contributed by atoms with Crippen LogP contribution >= 0.6 is 11.6 Å². The second kappa shape index (κ2) is 6.30. The maximum atomic E-state index is 11.4. The fourth-order valence-corrected chi connectivity index (χ4v) is 1.37. The maximum absolute atomic E-state index is 11.4. The molecule has 1 aromatic carbocycles. The molecule has 0 aliphatic carbocycles. The second-order valence-corrected chi connectivity index (χ2v) is 3.46. The van der Waals surface area contributed by atoms with E-state index in [9.17, 15) is 4.79 Å². The highest BCUT2D eigenvalue weighted by molar-refractivity contribution is 6.18. The Balaban J connectivity index is 2.59. The van der Waals surface area contributed by atoms with Crippen LogP contribution in [-0.4, -0.2) is 18.5 Å². The summed E-state index contributed by atoms with van der Waals surface area (Å²) in [7, 11) is 0. The van der Waals surface area contributed by atoms with E-state index in [1.165, 1.54) is 0 Å². The average molecular weight is 227 g/mol. The molecule has 1 aromatic rings. The van der Waals surface area contributed by atoms with Gasteiger partial charge in [0.05, 0.1) is 0 Å². The van der Waals surface area contributed by atoms with Gasteiger partial charge in [0.2, 0.25) is 0 Å². The summed E-state index contributed by atoms with van der Waals surface area (Å²) in [6.07, 6.45) is 0.895. The standard InChI is InChI=1S/C11H15ClN2O/c1-2-9-5-3-4-6-10(9)14-11(15)13-8-7-12/h3-6H,2,7-8H2,1H3,(H2,13,14,15). The number of anilines is 1. The second-order valence-electron chi connectivity index (χ2n) is 3.08. The third-order valence-corrected chi connectivity index (χ3v) is 2.22. The van der Waals surface area contributed by atoms with E-state index in [4.69, 9.17) is 11.6 Å². The molecule has 0 aliphatic rings. The number of hydrogen-bond acceptors (Lipinski definition) is 1. The number of para-hydroxylation sites is 1. The molecule has 4 heteroatoms. The molecule has 0 atom stereocenters. The molecule has 2 N–H and O–H groups in total. The summed E-state index contributed by atoms with van der Waals surface area (Å²) >= 11 is 5.46. The molecule has 0 saturated carbocycles. The van der Waals surface area contributed by atoms with Gasteiger partial charge in [0.15, 0.2) is 0 Å². The molecule has 0 radical (unpaired) electrons. The number of nitrogens with one attached hydrogen (secondary N) is 2. The molecule has 3 nitrogen and oxygen atoms in total. The quantitative estimate of drug-likeness (QED) is 0.762. The van der Waals surface area contributed by atoms with E-state index in [-0.39, 0.29) is 6.03 Å². The third-order valence-electron chi connectivity index (χ3n) is 2.03. The Bertz CT molecular complexity index is 328. The normalized spacial score (nSPS) is 9.73. The van der Waals surface area contributed by atoms with Crippen LogP contribution in [0.15, 0.2) is 24.3 Å². The lowest BCUT2D eigenvalue weighted by atomic mass is 10.1. The van der Waals surface area contributed by atoms with Gasteiger partial charge in [0, 0.05) is 18.1 Å². The zero-order chi connectivity index (χ0) is 11.1. The number of hydrogen-bond donors (Lipinski definition) is 2. The van der Waals surface area contributed by atoms with Gasteiger partial charge in [-0.1, -0.05) is 25.1 Å². The van der Waals surface area contributed by atoms with Crippen molar-refractivity contribution >= 4 is 23.3 Å². The van der Waals surface area contributed by atoms with Gasteiger partial charge in [-0.2, -0.15) is 0 Å². The van der Waals surface area contributed by atoms with Crippen LogP contribution in [0.1, 0.15) is 12.5 Å². The molecule has 0 saturated heterocycles. The smallest absolute Gasteiger partial charge is 0.319 e. The third kappa shape index (κ3) is 3.80. The SMILES string of the molecule is CCc1ccccc1NC(=O)NCCCl. The molecule has 2 amide bonds. The van der Waals surface area contributed by atoms with Crippen LogP contribution in [-0.2, 0) is 6.42 Å². The van der Waals surface area contributed by atoms with E-state index >= 15 is 0 Å². The van der Waals surface area contributed by atoms with E-state index in [1.807, 2.05) is 24.3 Å². The molecular weight excluding hydrogens is 212 g/mol. The molecule has 0 aliphatic heterocycles. The topological polar surface area (TPSA) is 41.1 Å². The number of halogens is 1. The highest BCUT2D eigenvalue weighted by Gasteiger charge is 2.03. The zero-order valence-electron chi connectivity index (χ0n) is 8.72. The fraction of sp³-hybridized carbons (Fsp3) is 0.364. The van der Waals surface area contributed by atoms with Gasteiger partial charge < -0.3 is 10.6 Å². The summed E-state index contributed by atoms with van der Waals surface area (Å²) < 4.78 is 0. The number of alkyl halides is 1. The highest BCUT2D eigenvalue weighted by atomic mass is 35.5. The van der Waals surface area contributed by atoms with Gasteiger partial charge in [0.25, 0.3) is 0 Å². The fourth-order valence-electron chi connectivity index (χ4n) is 1.28. The number of amides is 2.